The second-order valence-electron chi connectivity index (χ2n) is 3.14. The number of hydrogen-bond donors (Lipinski definition) is 1. The number of nitrogens with two attached hydrogens (primary N) is 1. The van der Waals surface area contributed by atoms with Crippen molar-refractivity contribution in [2.24, 2.45) is 5.73 Å². The van der Waals surface area contributed by atoms with Crippen LogP contribution in [0.1, 0.15) is 32.6 Å². The SMILES string of the molecule is C/C1=C(/CN)CC/C=C\CC1. The molecule has 0 saturated carbocycles. The molecular formula is C10H17N. The lowest BCUT2D eigenvalue weighted by Crippen LogP contribution is -2.06. The average molecular weight is 151 g/mol. The van der Waals surface area contributed by atoms with Gasteiger partial charge < -0.3 is 5.73 Å². The molecule has 1 heteroatoms. The van der Waals surface area contributed by atoms with Gasteiger partial charge in [0.2, 0.25) is 0 Å². The molecular weight excluding hydrogens is 134 g/mol. The van der Waals surface area contributed by atoms with Crippen LogP contribution >= 0.6 is 0 Å². The van der Waals surface area contributed by atoms with Crippen molar-refractivity contribution in [2.75, 3.05) is 6.54 Å². The summed E-state index contributed by atoms with van der Waals surface area (Å²) in [5.74, 6) is 0. The summed E-state index contributed by atoms with van der Waals surface area (Å²) in [6.07, 6.45) is 9.26. The van der Waals surface area contributed by atoms with Gasteiger partial charge in [-0.1, -0.05) is 23.3 Å². The Morgan fingerprint density at radius 3 is 2.55 bits per heavy atom. The van der Waals surface area contributed by atoms with Gasteiger partial charge in [0.25, 0.3) is 0 Å². The standard InChI is InChI=1S/C10H17N/c1-9-6-4-2-3-5-7-10(9)8-11/h2-3H,4-8,11H2,1H3/b3-2-,10-9-. The molecule has 2 N–H and O–H groups in total. The van der Waals surface area contributed by atoms with Crippen LogP contribution in [0, 0.1) is 0 Å². The quantitative estimate of drug-likeness (QED) is 0.572. The van der Waals surface area contributed by atoms with E-state index < -0.39 is 0 Å². The van der Waals surface area contributed by atoms with Crippen LogP contribution in [0.15, 0.2) is 23.3 Å². The van der Waals surface area contributed by atoms with E-state index >= 15 is 0 Å². The van der Waals surface area contributed by atoms with Gasteiger partial charge in [-0.15, -0.1) is 0 Å². The molecule has 0 saturated heterocycles. The van der Waals surface area contributed by atoms with Crippen molar-refractivity contribution in [3.8, 4) is 0 Å². The van der Waals surface area contributed by atoms with E-state index in [1.165, 1.54) is 36.8 Å². The van der Waals surface area contributed by atoms with Crippen LogP contribution in [0.25, 0.3) is 0 Å². The minimum atomic E-state index is 0.750. The molecule has 1 nitrogen and oxygen atoms in total. The van der Waals surface area contributed by atoms with Gasteiger partial charge in [0.1, 0.15) is 0 Å². The summed E-state index contributed by atoms with van der Waals surface area (Å²) >= 11 is 0. The van der Waals surface area contributed by atoms with Crippen molar-refractivity contribution in [1.82, 2.24) is 0 Å². The monoisotopic (exact) mass is 151 g/mol. The average Bonchev–Trinajstić information content (AvgIpc) is 1.98. The van der Waals surface area contributed by atoms with Gasteiger partial charge in [-0.05, 0) is 32.6 Å². The van der Waals surface area contributed by atoms with Crippen LogP contribution in [0.2, 0.25) is 0 Å². The Balaban J connectivity index is 2.61. The molecule has 0 unspecified atom stereocenters. The van der Waals surface area contributed by atoms with E-state index in [0.717, 1.165) is 6.54 Å². The fourth-order valence-electron chi connectivity index (χ4n) is 1.46. The Kier molecular flexibility index (Phi) is 3.37. The van der Waals surface area contributed by atoms with Crippen molar-refractivity contribution in [3.63, 3.8) is 0 Å². The summed E-state index contributed by atoms with van der Waals surface area (Å²) in [5.41, 5.74) is 8.61. The third-order valence-corrected chi connectivity index (χ3v) is 2.32. The van der Waals surface area contributed by atoms with E-state index in [1.54, 1.807) is 0 Å². The summed E-state index contributed by atoms with van der Waals surface area (Å²) in [5, 5.41) is 0. The Morgan fingerprint density at radius 2 is 1.91 bits per heavy atom. The van der Waals surface area contributed by atoms with E-state index in [0.29, 0.717) is 0 Å². The highest BCUT2D eigenvalue weighted by Gasteiger charge is 2.01. The van der Waals surface area contributed by atoms with Crippen LogP contribution in [0.3, 0.4) is 0 Å². The van der Waals surface area contributed by atoms with Gasteiger partial charge >= 0.3 is 0 Å². The summed E-state index contributed by atoms with van der Waals surface area (Å²) < 4.78 is 0. The Morgan fingerprint density at radius 1 is 1.27 bits per heavy atom. The van der Waals surface area contributed by atoms with Gasteiger partial charge in [0.05, 0.1) is 0 Å². The summed E-state index contributed by atoms with van der Waals surface area (Å²) in [6.45, 7) is 2.96. The molecule has 11 heavy (non-hydrogen) atoms. The van der Waals surface area contributed by atoms with E-state index in [9.17, 15) is 0 Å². The lowest BCUT2D eigenvalue weighted by atomic mass is 9.98. The highest BCUT2D eigenvalue weighted by Crippen LogP contribution is 2.17. The van der Waals surface area contributed by atoms with Crippen LogP contribution in [-0.2, 0) is 0 Å². The third-order valence-electron chi connectivity index (χ3n) is 2.32. The largest absolute Gasteiger partial charge is 0.327 e. The number of hydrogen-bond acceptors (Lipinski definition) is 1. The smallest absolute Gasteiger partial charge is 0.0139 e. The topological polar surface area (TPSA) is 26.0 Å². The lowest BCUT2D eigenvalue weighted by Gasteiger charge is -2.10. The molecule has 0 radical (unpaired) electrons. The zero-order chi connectivity index (χ0) is 8.10. The molecule has 62 valence electrons. The fourth-order valence-corrected chi connectivity index (χ4v) is 1.46. The van der Waals surface area contributed by atoms with Crippen LogP contribution < -0.4 is 5.73 Å². The Bertz CT molecular complexity index is 177. The maximum Gasteiger partial charge on any atom is 0.0139 e. The normalized spacial score (nSPS) is 29.3. The first-order valence-corrected chi connectivity index (χ1v) is 4.37. The number of rotatable bonds is 1. The van der Waals surface area contributed by atoms with Crippen LogP contribution in [0.5, 0.6) is 0 Å². The first-order chi connectivity index (χ1) is 5.34. The molecule has 0 aromatic carbocycles. The molecule has 1 aliphatic carbocycles. The molecule has 0 aromatic rings. The molecule has 0 atom stereocenters. The molecule has 0 fully saturated rings. The van der Waals surface area contributed by atoms with Crippen molar-refractivity contribution < 1.29 is 0 Å². The zero-order valence-electron chi connectivity index (χ0n) is 7.27. The highest BCUT2D eigenvalue weighted by molar-refractivity contribution is 5.16. The van der Waals surface area contributed by atoms with Gasteiger partial charge in [0.15, 0.2) is 0 Å². The molecule has 0 spiro atoms. The van der Waals surface area contributed by atoms with Crippen molar-refractivity contribution in [3.05, 3.63) is 23.3 Å². The van der Waals surface area contributed by atoms with E-state index in [4.69, 9.17) is 5.73 Å². The second kappa shape index (κ2) is 4.35. The number of allylic oxidation sites excluding steroid dienone is 3. The first-order valence-electron chi connectivity index (χ1n) is 4.37. The summed E-state index contributed by atoms with van der Waals surface area (Å²) in [4.78, 5) is 0. The summed E-state index contributed by atoms with van der Waals surface area (Å²) in [7, 11) is 0. The fraction of sp³-hybridized carbons (Fsp3) is 0.600. The molecule has 1 aliphatic rings. The Labute approximate surface area is 69.0 Å². The molecule has 0 heterocycles. The van der Waals surface area contributed by atoms with E-state index in [2.05, 4.69) is 19.1 Å². The van der Waals surface area contributed by atoms with Crippen molar-refractivity contribution in [2.45, 2.75) is 32.6 Å². The molecule has 0 aromatic heterocycles. The third kappa shape index (κ3) is 2.51. The summed E-state index contributed by atoms with van der Waals surface area (Å²) in [6, 6.07) is 0. The zero-order valence-corrected chi connectivity index (χ0v) is 7.27. The minimum Gasteiger partial charge on any atom is -0.327 e. The van der Waals surface area contributed by atoms with Gasteiger partial charge in [-0.3, -0.25) is 0 Å². The van der Waals surface area contributed by atoms with Crippen LogP contribution in [-0.4, -0.2) is 6.54 Å². The van der Waals surface area contributed by atoms with Gasteiger partial charge in [-0.2, -0.15) is 0 Å². The second-order valence-corrected chi connectivity index (χ2v) is 3.14. The minimum absolute atomic E-state index is 0.750. The van der Waals surface area contributed by atoms with E-state index in [-0.39, 0.29) is 0 Å². The molecule has 0 amide bonds. The predicted octanol–water partition coefficient (Wildman–Crippen LogP) is 2.39. The molecule has 0 aliphatic heterocycles. The lowest BCUT2D eigenvalue weighted by molar-refractivity contribution is 0.839. The molecule has 1 rings (SSSR count). The highest BCUT2D eigenvalue weighted by atomic mass is 14.5. The predicted molar refractivity (Wildman–Crippen MR) is 49.4 cm³/mol. The first kappa shape index (κ1) is 8.54. The van der Waals surface area contributed by atoms with Crippen LogP contribution in [0.4, 0.5) is 0 Å². The van der Waals surface area contributed by atoms with E-state index in [1.807, 2.05) is 0 Å². The maximum absolute atomic E-state index is 5.63. The molecule has 0 bridgehead atoms. The maximum atomic E-state index is 5.63. The van der Waals surface area contributed by atoms with Crippen molar-refractivity contribution in [1.29, 1.82) is 0 Å². The van der Waals surface area contributed by atoms with Crippen molar-refractivity contribution >= 4 is 0 Å². The van der Waals surface area contributed by atoms with Gasteiger partial charge in [0, 0.05) is 6.54 Å². The van der Waals surface area contributed by atoms with Gasteiger partial charge in [-0.25, -0.2) is 0 Å². The Hall–Kier alpha value is -0.560.